The molecule has 1 aromatic heterocycles. The van der Waals surface area contributed by atoms with Gasteiger partial charge in [0.15, 0.2) is 5.69 Å². The van der Waals surface area contributed by atoms with Crippen LogP contribution in [0.3, 0.4) is 0 Å². The summed E-state index contributed by atoms with van der Waals surface area (Å²) in [6.45, 7) is 6.78. The number of nitrogens with one attached hydrogen (secondary N) is 1. The number of fused-ring (bicyclic) bond motifs is 1. The molecular weight excluding hydrogens is 138 g/mol. The van der Waals surface area contributed by atoms with Gasteiger partial charge in [0.05, 0.1) is 6.54 Å². The zero-order valence-corrected chi connectivity index (χ0v) is 6.88. The standard InChI is InChI=1S/C8H13N3/c1-2-10-3-4-11-7-9-5-8(11)6-10/h5,7H,2-4,6H2,1H3/p+1. The van der Waals surface area contributed by atoms with E-state index in [2.05, 4.69) is 27.6 Å². The Morgan fingerprint density at radius 3 is 3.45 bits per heavy atom. The molecule has 0 spiro atoms. The van der Waals surface area contributed by atoms with Gasteiger partial charge in [-0.15, -0.1) is 0 Å². The maximum absolute atomic E-state index is 3.12. The molecule has 0 atom stereocenters. The summed E-state index contributed by atoms with van der Waals surface area (Å²) >= 11 is 0. The Balaban J connectivity index is 2.18. The third kappa shape index (κ3) is 1.16. The third-order valence-corrected chi connectivity index (χ3v) is 2.34. The molecule has 0 saturated carbocycles. The summed E-state index contributed by atoms with van der Waals surface area (Å²) in [6.07, 6.45) is 4.13. The lowest BCUT2D eigenvalue weighted by Crippen LogP contribution is -2.48. The van der Waals surface area contributed by atoms with Gasteiger partial charge in [-0.25, -0.2) is 9.55 Å². The first-order valence-corrected chi connectivity index (χ1v) is 4.17. The highest BCUT2D eigenvalue weighted by atomic mass is 15.2. The number of likely N-dealkylation sites (N-methyl/N-ethyl adjacent to an activating group) is 1. The van der Waals surface area contributed by atoms with Crippen LogP contribution >= 0.6 is 0 Å². The van der Waals surface area contributed by atoms with Crippen LogP contribution in [0.15, 0.2) is 12.5 Å². The molecule has 0 aliphatic carbocycles. The molecule has 0 bridgehead atoms. The third-order valence-electron chi connectivity index (χ3n) is 2.34. The highest BCUT2D eigenvalue weighted by Gasteiger charge is 2.18. The molecule has 1 aromatic rings. The molecule has 2 rings (SSSR count). The van der Waals surface area contributed by atoms with Crippen LogP contribution in [0.2, 0.25) is 0 Å². The second kappa shape index (κ2) is 2.66. The summed E-state index contributed by atoms with van der Waals surface area (Å²) in [5, 5.41) is 0. The molecular formula is C8H14N3+. The van der Waals surface area contributed by atoms with Gasteiger partial charge in [0.25, 0.3) is 0 Å². The molecule has 0 unspecified atom stereocenters. The van der Waals surface area contributed by atoms with E-state index in [0.717, 1.165) is 19.6 Å². The van der Waals surface area contributed by atoms with Crippen molar-refractivity contribution in [2.45, 2.75) is 20.0 Å². The quantitative estimate of drug-likeness (QED) is 0.568. The maximum atomic E-state index is 3.12. The zero-order chi connectivity index (χ0) is 7.68. The number of H-pyrrole nitrogens is 1. The van der Waals surface area contributed by atoms with Crippen molar-refractivity contribution in [3.05, 3.63) is 18.2 Å². The summed E-state index contributed by atoms with van der Waals surface area (Å²) in [5.74, 6) is 0. The van der Waals surface area contributed by atoms with E-state index in [4.69, 9.17) is 0 Å². The molecule has 3 heteroatoms. The van der Waals surface area contributed by atoms with Gasteiger partial charge in [0.2, 0.25) is 6.33 Å². The molecule has 0 saturated heterocycles. The fraction of sp³-hybridized carbons (Fsp3) is 0.625. The topological polar surface area (TPSA) is 22.9 Å². The van der Waals surface area contributed by atoms with Crippen LogP contribution in [0.1, 0.15) is 12.6 Å². The number of aromatic amines is 1. The molecule has 0 fully saturated rings. The van der Waals surface area contributed by atoms with E-state index in [1.807, 2.05) is 6.33 Å². The lowest BCUT2D eigenvalue weighted by atomic mass is 10.3. The Labute approximate surface area is 66.6 Å². The Bertz CT molecular complexity index is 241. The predicted molar refractivity (Wildman–Crippen MR) is 41.9 cm³/mol. The number of hydrogen-bond acceptors (Lipinski definition) is 1. The minimum atomic E-state index is 1.10. The van der Waals surface area contributed by atoms with Crippen molar-refractivity contribution < 1.29 is 4.57 Å². The van der Waals surface area contributed by atoms with Gasteiger partial charge >= 0.3 is 0 Å². The first kappa shape index (κ1) is 6.85. The van der Waals surface area contributed by atoms with Gasteiger partial charge in [-0.3, -0.25) is 4.90 Å². The molecule has 1 aliphatic rings. The van der Waals surface area contributed by atoms with Crippen molar-refractivity contribution in [2.75, 3.05) is 13.1 Å². The Kier molecular flexibility index (Phi) is 1.66. The maximum Gasteiger partial charge on any atom is 0.241 e. The van der Waals surface area contributed by atoms with Crippen LogP contribution < -0.4 is 4.57 Å². The Morgan fingerprint density at radius 1 is 1.73 bits per heavy atom. The fourth-order valence-electron chi connectivity index (χ4n) is 1.56. The summed E-state index contributed by atoms with van der Waals surface area (Å²) < 4.78 is 2.28. The molecule has 1 N–H and O–H groups in total. The molecule has 0 radical (unpaired) electrons. The smallest absolute Gasteiger partial charge is 0.241 e. The lowest BCUT2D eigenvalue weighted by molar-refractivity contribution is -0.710. The van der Waals surface area contributed by atoms with Gasteiger partial charge in [-0.05, 0) is 6.54 Å². The first-order valence-electron chi connectivity index (χ1n) is 4.17. The first-order chi connectivity index (χ1) is 5.40. The van der Waals surface area contributed by atoms with Crippen molar-refractivity contribution >= 4 is 0 Å². The van der Waals surface area contributed by atoms with Gasteiger partial charge in [-0.1, -0.05) is 6.92 Å². The van der Waals surface area contributed by atoms with E-state index < -0.39 is 0 Å². The second-order valence-electron chi connectivity index (χ2n) is 2.99. The van der Waals surface area contributed by atoms with Crippen molar-refractivity contribution in [1.29, 1.82) is 0 Å². The average molecular weight is 152 g/mol. The van der Waals surface area contributed by atoms with Gasteiger partial charge in [0, 0.05) is 6.54 Å². The highest BCUT2D eigenvalue weighted by Crippen LogP contribution is 2.02. The number of rotatable bonds is 1. The minimum Gasteiger partial charge on any atom is -0.292 e. The summed E-state index contributed by atoms with van der Waals surface area (Å²) in [7, 11) is 0. The number of aromatic nitrogens is 2. The predicted octanol–water partition coefficient (Wildman–Crippen LogP) is 0.138. The number of nitrogens with zero attached hydrogens (tertiary/aromatic N) is 2. The van der Waals surface area contributed by atoms with Crippen molar-refractivity contribution in [2.24, 2.45) is 0 Å². The van der Waals surface area contributed by atoms with Crippen LogP contribution in [0, 0.1) is 0 Å². The van der Waals surface area contributed by atoms with Crippen LogP contribution in [0.5, 0.6) is 0 Å². The van der Waals surface area contributed by atoms with E-state index in [9.17, 15) is 0 Å². The monoisotopic (exact) mass is 152 g/mol. The highest BCUT2D eigenvalue weighted by molar-refractivity contribution is 4.87. The van der Waals surface area contributed by atoms with Crippen LogP contribution in [0.25, 0.3) is 0 Å². The summed E-state index contributed by atoms with van der Waals surface area (Å²) in [6, 6.07) is 0. The summed E-state index contributed by atoms with van der Waals surface area (Å²) in [4.78, 5) is 5.57. The molecule has 3 nitrogen and oxygen atoms in total. The van der Waals surface area contributed by atoms with Gasteiger partial charge in [-0.2, -0.15) is 0 Å². The van der Waals surface area contributed by atoms with Crippen molar-refractivity contribution in [3.8, 4) is 0 Å². The zero-order valence-electron chi connectivity index (χ0n) is 6.88. The second-order valence-corrected chi connectivity index (χ2v) is 2.99. The van der Waals surface area contributed by atoms with E-state index in [1.165, 1.54) is 12.2 Å². The van der Waals surface area contributed by atoms with E-state index >= 15 is 0 Å². The fourth-order valence-corrected chi connectivity index (χ4v) is 1.56. The largest absolute Gasteiger partial charge is 0.292 e. The minimum absolute atomic E-state index is 1.10. The van der Waals surface area contributed by atoms with Crippen molar-refractivity contribution in [1.82, 2.24) is 9.88 Å². The number of hydrogen-bond donors (Lipinski definition) is 1. The Hall–Kier alpha value is -0.830. The Morgan fingerprint density at radius 2 is 2.64 bits per heavy atom. The SMILES string of the molecule is CCN1CC[n+]2c[nH]cc2C1. The molecule has 0 amide bonds. The van der Waals surface area contributed by atoms with Crippen LogP contribution in [-0.2, 0) is 13.1 Å². The molecule has 2 heterocycles. The molecule has 11 heavy (non-hydrogen) atoms. The lowest BCUT2D eigenvalue weighted by Gasteiger charge is -2.22. The molecule has 60 valence electrons. The van der Waals surface area contributed by atoms with Crippen molar-refractivity contribution in [3.63, 3.8) is 0 Å². The van der Waals surface area contributed by atoms with E-state index in [0.29, 0.717) is 0 Å². The van der Waals surface area contributed by atoms with Crippen LogP contribution in [0.4, 0.5) is 0 Å². The van der Waals surface area contributed by atoms with Gasteiger partial charge in [0.1, 0.15) is 12.7 Å². The average Bonchev–Trinajstić information content (AvgIpc) is 2.50. The summed E-state index contributed by atoms with van der Waals surface area (Å²) in [5.41, 5.74) is 1.40. The van der Waals surface area contributed by atoms with E-state index in [-0.39, 0.29) is 0 Å². The normalized spacial score (nSPS) is 18.3. The van der Waals surface area contributed by atoms with Crippen LogP contribution in [-0.4, -0.2) is 23.0 Å². The molecule has 0 aromatic carbocycles. The van der Waals surface area contributed by atoms with Gasteiger partial charge < -0.3 is 0 Å². The van der Waals surface area contributed by atoms with E-state index in [1.54, 1.807) is 0 Å². The molecule has 1 aliphatic heterocycles. The number of imidazole rings is 1.